The van der Waals surface area contributed by atoms with E-state index in [4.69, 9.17) is 27.9 Å². The lowest BCUT2D eigenvalue weighted by Crippen LogP contribution is -1.89. The van der Waals surface area contributed by atoms with Crippen LogP contribution in [-0.4, -0.2) is 6.29 Å². The number of ether oxygens (including phenoxy) is 1. The highest BCUT2D eigenvalue weighted by Gasteiger charge is 2.05. The van der Waals surface area contributed by atoms with Crippen molar-refractivity contribution in [2.45, 2.75) is 13.3 Å². The number of aryl methyl sites for hydroxylation is 1. The van der Waals surface area contributed by atoms with Crippen LogP contribution >= 0.6 is 23.2 Å². The van der Waals surface area contributed by atoms with Gasteiger partial charge >= 0.3 is 0 Å². The second-order valence-electron chi connectivity index (χ2n) is 4.01. The second kappa shape index (κ2) is 6.09. The SMILES string of the molecule is CCc1cc(Oc2ccc(C=O)c(Cl)c2)ccc1Cl. The Morgan fingerprint density at radius 1 is 1.05 bits per heavy atom. The first-order valence-corrected chi connectivity index (χ1v) is 6.60. The molecular weight excluding hydrogens is 283 g/mol. The van der Waals surface area contributed by atoms with Crippen LogP contribution < -0.4 is 4.74 Å². The Hall–Kier alpha value is -1.51. The number of benzene rings is 2. The van der Waals surface area contributed by atoms with E-state index in [0.717, 1.165) is 17.0 Å². The minimum Gasteiger partial charge on any atom is -0.457 e. The van der Waals surface area contributed by atoms with Crippen molar-refractivity contribution in [3.8, 4) is 11.5 Å². The Balaban J connectivity index is 2.26. The molecule has 0 aromatic heterocycles. The Morgan fingerprint density at radius 3 is 2.37 bits per heavy atom. The number of hydrogen-bond acceptors (Lipinski definition) is 2. The highest BCUT2D eigenvalue weighted by atomic mass is 35.5. The first-order chi connectivity index (χ1) is 9.13. The number of carbonyl (C=O) groups excluding carboxylic acids is 1. The average molecular weight is 295 g/mol. The Kier molecular flexibility index (Phi) is 4.46. The van der Waals surface area contributed by atoms with Gasteiger partial charge in [-0.3, -0.25) is 4.79 Å². The molecule has 2 aromatic carbocycles. The highest BCUT2D eigenvalue weighted by Crippen LogP contribution is 2.29. The summed E-state index contributed by atoms with van der Waals surface area (Å²) < 4.78 is 5.70. The van der Waals surface area contributed by atoms with Gasteiger partial charge in [-0.05, 0) is 42.3 Å². The average Bonchev–Trinajstić information content (AvgIpc) is 2.41. The summed E-state index contributed by atoms with van der Waals surface area (Å²) in [5, 5.41) is 1.10. The summed E-state index contributed by atoms with van der Waals surface area (Å²) in [6, 6.07) is 10.4. The molecule has 0 N–H and O–H groups in total. The van der Waals surface area contributed by atoms with Gasteiger partial charge in [0.2, 0.25) is 0 Å². The van der Waals surface area contributed by atoms with E-state index in [0.29, 0.717) is 28.4 Å². The van der Waals surface area contributed by atoms with Gasteiger partial charge in [0, 0.05) is 16.7 Å². The third kappa shape index (κ3) is 3.28. The Labute approximate surface area is 121 Å². The van der Waals surface area contributed by atoms with Crippen molar-refractivity contribution in [3.63, 3.8) is 0 Å². The van der Waals surface area contributed by atoms with Gasteiger partial charge < -0.3 is 4.74 Å². The number of rotatable bonds is 4. The zero-order valence-corrected chi connectivity index (χ0v) is 11.8. The summed E-state index contributed by atoms with van der Waals surface area (Å²) in [5.74, 6) is 1.27. The molecule has 0 heterocycles. The van der Waals surface area contributed by atoms with Crippen LogP contribution in [0.5, 0.6) is 11.5 Å². The van der Waals surface area contributed by atoms with Crippen molar-refractivity contribution in [2.75, 3.05) is 0 Å². The molecule has 2 rings (SSSR count). The zero-order valence-electron chi connectivity index (χ0n) is 10.3. The fourth-order valence-corrected chi connectivity index (χ4v) is 2.15. The topological polar surface area (TPSA) is 26.3 Å². The molecule has 0 amide bonds. The predicted molar refractivity (Wildman–Crippen MR) is 77.7 cm³/mol. The van der Waals surface area contributed by atoms with Gasteiger partial charge in [0.15, 0.2) is 6.29 Å². The first kappa shape index (κ1) is 13.9. The largest absolute Gasteiger partial charge is 0.457 e. The van der Waals surface area contributed by atoms with Crippen LogP contribution in [0.2, 0.25) is 10.0 Å². The summed E-state index contributed by atoms with van der Waals surface area (Å²) in [4.78, 5) is 10.7. The Bertz CT molecular complexity index is 609. The number of carbonyl (C=O) groups is 1. The molecule has 0 aliphatic heterocycles. The minimum atomic E-state index is 0.372. The van der Waals surface area contributed by atoms with E-state index in [1.807, 2.05) is 13.0 Å². The number of aldehydes is 1. The standard InChI is InChI=1S/C15H12Cl2O2/c1-2-10-7-12(5-6-14(10)16)19-13-4-3-11(9-18)15(17)8-13/h3-9H,2H2,1H3. The smallest absolute Gasteiger partial charge is 0.151 e. The minimum absolute atomic E-state index is 0.372. The van der Waals surface area contributed by atoms with Gasteiger partial charge in [0.25, 0.3) is 0 Å². The van der Waals surface area contributed by atoms with E-state index >= 15 is 0 Å². The van der Waals surface area contributed by atoms with E-state index in [-0.39, 0.29) is 0 Å². The van der Waals surface area contributed by atoms with Crippen LogP contribution in [0.15, 0.2) is 36.4 Å². The Morgan fingerprint density at radius 2 is 1.74 bits per heavy atom. The maximum absolute atomic E-state index is 10.7. The summed E-state index contributed by atoms with van der Waals surface area (Å²) in [7, 11) is 0. The highest BCUT2D eigenvalue weighted by molar-refractivity contribution is 6.33. The number of hydrogen-bond donors (Lipinski definition) is 0. The third-order valence-electron chi connectivity index (χ3n) is 2.73. The summed E-state index contributed by atoms with van der Waals surface area (Å²) in [6.45, 7) is 2.03. The van der Waals surface area contributed by atoms with Gasteiger partial charge in [-0.25, -0.2) is 0 Å². The molecule has 0 unspecified atom stereocenters. The molecule has 0 aliphatic rings. The molecule has 0 saturated heterocycles. The maximum Gasteiger partial charge on any atom is 0.151 e. The van der Waals surface area contributed by atoms with Gasteiger partial charge in [0.1, 0.15) is 11.5 Å². The molecule has 0 saturated carbocycles. The van der Waals surface area contributed by atoms with E-state index in [1.165, 1.54) is 0 Å². The molecule has 0 fully saturated rings. The van der Waals surface area contributed by atoms with Crippen molar-refractivity contribution < 1.29 is 9.53 Å². The van der Waals surface area contributed by atoms with E-state index in [9.17, 15) is 4.79 Å². The van der Waals surface area contributed by atoms with Crippen LogP contribution in [0, 0.1) is 0 Å². The molecule has 98 valence electrons. The molecule has 2 nitrogen and oxygen atoms in total. The monoisotopic (exact) mass is 294 g/mol. The molecular formula is C15H12Cl2O2. The van der Waals surface area contributed by atoms with Crippen LogP contribution in [0.25, 0.3) is 0 Å². The zero-order chi connectivity index (χ0) is 13.8. The number of halogens is 2. The van der Waals surface area contributed by atoms with Crippen LogP contribution in [0.3, 0.4) is 0 Å². The lowest BCUT2D eigenvalue weighted by Gasteiger charge is -2.09. The van der Waals surface area contributed by atoms with E-state index < -0.39 is 0 Å². The van der Waals surface area contributed by atoms with Crippen molar-refractivity contribution in [2.24, 2.45) is 0 Å². The van der Waals surface area contributed by atoms with Gasteiger partial charge in [-0.15, -0.1) is 0 Å². The lowest BCUT2D eigenvalue weighted by molar-refractivity contribution is 0.112. The third-order valence-corrected chi connectivity index (χ3v) is 3.43. The van der Waals surface area contributed by atoms with Gasteiger partial charge in [-0.2, -0.15) is 0 Å². The summed E-state index contributed by atoms with van der Waals surface area (Å²) >= 11 is 12.0. The fourth-order valence-electron chi connectivity index (χ4n) is 1.69. The fraction of sp³-hybridized carbons (Fsp3) is 0.133. The molecule has 2 aromatic rings. The first-order valence-electron chi connectivity index (χ1n) is 5.85. The van der Waals surface area contributed by atoms with Crippen molar-refractivity contribution in [3.05, 3.63) is 57.6 Å². The summed E-state index contributed by atoms with van der Waals surface area (Å²) in [5.41, 5.74) is 1.47. The normalized spacial score (nSPS) is 10.3. The van der Waals surface area contributed by atoms with Crippen molar-refractivity contribution in [1.82, 2.24) is 0 Å². The molecule has 0 spiro atoms. The van der Waals surface area contributed by atoms with Crippen molar-refractivity contribution in [1.29, 1.82) is 0 Å². The molecule has 4 heteroatoms. The predicted octanol–water partition coefficient (Wildman–Crippen LogP) is 5.16. The molecule has 0 aliphatic carbocycles. The lowest BCUT2D eigenvalue weighted by atomic mass is 10.1. The van der Waals surface area contributed by atoms with Gasteiger partial charge in [0.05, 0.1) is 5.02 Å². The van der Waals surface area contributed by atoms with Crippen LogP contribution in [0.1, 0.15) is 22.8 Å². The maximum atomic E-state index is 10.7. The molecule has 19 heavy (non-hydrogen) atoms. The van der Waals surface area contributed by atoms with E-state index in [1.54, 1.807) is 30.3 Å². The van der Waals surface area contributed by atoms with Crippen LogP contribution in [0.4, 0.5) is 0 Å². The van der Waals surface area contributed by atoms with E-state index in [2.05, 4.69) is 0 Å². The van der Waals surface area contributed by atoms with Crippen molar-refractivity contribution >= 4 is 29.5 Å². The van der Waals surface area contributed by atoms with Gasteiger partial charge in [-0.1, -0.05) is 30.1 Å². The second-order valence-corrected chi connectivity index (χ2v) is 4.82. The molecule has 0 bridgehead atoms. The molecule has 0 atom stereocenters. The molecule has 0 radical (unpaired) electrons. The van der Waals surface area contributed by atoms with Crippen LogP contribution in [-0.2, 0) is 6.42 Å². The quantitative estimate of drug-likeness (QED) is 0.728. The summed E-state index contributed by atoms with van der Waals surface area (Å²) in [6.07, 6.45) is 1.55.